The van der Waals surface area contributed by atoms with Gasteiger partial charge in [0.1, 0.15) is 6.16 Å². The Labute approximate surface area is 190 Å². The molecule has 0 saturated heterocycles. The molecule has 0 aliphatic rings. The van der Waals surface area contributed by atoms with E-state index in [4.69, 9.17) is 13.5 Å². The Morgan fingerprint density at radius 3 is 1.58 bits per heavy atom. The van der Waals surface area contributed by atoms with E-state index in [0.717, 1.165) is 12.8 Å². The van der Waals surface area contributed by atoms with Crippen LogP contribution < -0.4 is 0 Å². The fourth-order valence-electron chi connectivity index (χ4n) is 3.65. The molecule has 1 rings (SSSR count). The molecule has 0 bridgehead atoms. The first-order chi connectivity index (χ1) is 14.8. The Bertz CT molecular complexity index is 590. The van der Waals surface area contributed by atoms with Crippen LogP contribution in [-0.2, 0) is 26.2 Å². The first-order valence-corrected chi connectivity index (χ1v) is 14.3. The van der Waals surface area contributed by atoms with Crippen molar-refractivity contribution in [3.05, 3.63) is 11.8 Å². The lowest BCUT2D eigenvalue weighted by atomic mass is 10.0. The molecule has 7 heteroatoms. The van der Waals surface area contributed by atoms with Gasteiger partial charge < -0.3 is 13.5 Å². The topological polar surface area (TPSA) is 74.5 Å². The molecule has 0 aliphatic carbocycles. The molecule has 0 atom stereocenters. The van der Waals surface area contributed by atoms with Gasteiger partial charge in [0, 0.05) is 6.42 Å². The van der Waals surface area contributed by atoms with Gasteiger partial charge in [-0.05, 0) is 34.1 Å². The standard InChI is InChI=1S/C24H47N2O4P/c1-6-7-8-9-10-11-12-13-14-15-16-17-18-19-23-25-26-24(28-23)20-31(27,29-21(2)3)30-22(4)5/h21-22H,6-20H2,1-5H3. The van der Waals surface area contributed by atoms with Crippen molar-refractivity contribution < 1.29 is 18.0 Å². The van der Waals surface area contributed by atoms with Gasteiger partial charge in [-0.1, -0.05) is 84.0 Å². The second-order valence-corrected chi connectivity index (χ2v) is 11.1. The van der Waals surface area contributed by atoms with Crippen LogP contribution in [0.15, 0.2) is 4.42 Å². The third-order valence-electron chi connectivity index (χ3n) is 5.07. The van der Waals surface area contributed by atoms with Crippen LogP contribution in [0.2, 0.25) is 0 Å². The van der Waals surface area contributed by atoms with E-state index in [0.29, 0.717) is 11.8 Å². The number of aryl methyl sites for hydroxylation is 1. The molecule has 6 nitrogen and oxygen atoms in total. The zero-order valence-electron chi connectivity index (χ0n) is 20.7. The predicted molar refractivity (Wildman–Crippen MR) is 127 cm³/mol. The maximum atomic E-state index is 12.9. The van der Waals surface area contributed by atoms with E-state index in [-0.39, 0.29) is 18.4 Å². The van der Waals surface area contributed by atoms with Crippen molar-refractivity contribution in [3.63, 3.8) is 0 Å². The molecule has 0 fully saturated rings. The minimum Gasteiger partial charge on any atom is -0.425 e. The van der Waals surface area contributed by atoms with Crippen LogP contribution in [0.1, 0.15) is 130 Å². The number of unbranched alkanes of at least 4 members (excludes halogenated alkanes) is 12. The van der Waals surface area contributed by atoms with Crippen molar-refractivity contribution in [2.24, 2.45) is 0 Å². The summed E-state index contributed by atoms with van der Waals surface area (Å²) in [6, 6.07) is 0. The number of hydrogen-bond donors (Lipinski definition) is 0. The number of nitrogens with zero attached hydrogens (tertiary/aromatic N) is 2. The van der Waals surface area contributed by atoms with Gasteiger partial charge in [0.05, 0.1) is 12.2 Å². The third kappa shape index (κ3) is 14.9. The van der Waals surface area contributed by atoms with Gasteiger partial charge in [-0.2, -0.15) is 0 Å². The molecule has 0 spiro atoms. The molecule has 0 amide bonds. The van der Waals surface area contributed by atoms with Crippen LogP contribution in [0, 0.1) is 0 Å². The smallest absolute Gasteiger partial charge is 0.340 e. The van der Waals surface area contributed by atoms with Crippen LogP contribution >= 0.6 is 7.60 Å². The van der Waals surface area contributed by atoms with Crippen LogP contribution in [-0.4, -0.2) is 22.4 Å². The van der Waals surface area contributed by atoms with Crippen molar-refractivity contribution in [3.8, 4) is 0 Å². The number of rotatable bonds is 20. The summed E-state index contributed by atoms with van der Waals surface area (Å²) in [4.78, 5) is 0. The van der Waals surface area contributed by atoms with E-state index in [9.17, 15) is 4.57 Å². The lowest BCUT2D eigenvalue weighted by Crippen LogP contribution is -2.09. The summed E-state index contributed by atoms with van der Waals surface area (Å²) < 4.78 is 29.7. The highest BCUT2D eigenvalue weighted by Gasteiger charge is 2.31. The first-order valence-electron chi connectivity index (χ1n) is 12.6. The highest BCUT2D eigenvalue weighted by Crippen LogP contribution is 2.53. The maximum absolute atomic E-state index is 12.9. The molecule has 0 radical (unpaired) electrons. The molecule has 0 unspecified atom stereocenters. The molecule has 0 saturated carbocycles. The molecule has 1 aromatic heterocycles. The van der Waals surface area contributed by atoms with Crippen molar-refractivity contribution >= 4 is 7.60 Å². The van der Waals surface area contributed by atoms with E-state index in [1.807, 2.05) is 27.7 Å². The van der Waals surface area contributed by atoms with Crippen LogP contribution in [0.5, 0.6) is 0 Å². The summed E-state index contributed by atoms with van der Waals surface area (Å²) in [7, 11) is -3.30. The Kier molecular flexibility index (Phi) is 15.4. The number of hydrogen-bond acceptors (Lipinski definition) is 6. The predicted octanol–water partition coefficient (Wildman–Crippen LogP) is 8.25. The molecule has 0 aliphatic heterocycles. The Morgan fingerprint density at radius 1 is 0.710 bits per heavy atom. The van der Waals surface area contributed by atoms with Gasteiger partial charge in [0.25, 0.3) is 0 Å². The Balaban J connectivity index is 2.14. The fourth-order valence-corrected chi connectivity index (χ4v) is 5.60. The largest absolute Gasteiger partial charge is 0.425 e. The second kappa shape index (κ2) is 16.9. The van der Waals surface area contributed by atoms with E-state index < -0.39 is 7.60 Å². The maximum Gasteiger partial charge on any atom is 0.340 e. The van der Waals surface area contributed by atoms with Crippen LogP contribution in [0.4, 0.5) is 0 Å². The highest BCUT2D eigenvalue weighted by atomic mass is 31.2. The zero-order chi connectivity index (χ0) is 23.0. The summed E-state index contributed by atoms with van der Waals surface area (Å²) >= 11 is 0. The van der Waals surface area contributed by atoms with E-state index >= 15 is 0 Å². The summed E-state index contributed by atoms with van der Waals surface area (Å²) in [5.74, 6) is 0.938. The SMILES string of the molecule is CCCCCCCCCCCCCCCc1nnc(CP(=O)(OC(C)C)OC(C)C)o1. The monoisotopic (exact) mass is 458 g/mol. The normalized spacial score (nSPS) is 12.4. The summed E-state index contributed by atoms with van der Waals surface area (Å²) in [5, 5.41) is 8.15. The molecule has 1 aromatic rings. The van der Waals surface area contributed by atoms with Gasteiger partial charge in [-0.15, -0.1) is 10.2 Å². The lowest BCUT2D eigenvalue weighted by Gasteiger charge is -2.21. The minimum atomic E-state index is -3.30. The molecular formula is C24H47N2O4P. The summed E-state index contributed by atoms with van der Waals surface area (Å²) in [6.45, 7) is 9.62. The first kappa shape index (κ1) is 28.3. The molecule has 1 heterocycles. The van der Waals surface area contributed by atoms with Gasteiger partial charge in [-0.25, -0.2) is 0 Å². The average Bonchev–Trinajstić information content (AvgIpc) is 3.10. The average molecular weight is 459 g/mol. The summed E-state index contributed by atoms with van der Waals surface area (Å²) in [5.41, 5.74) is 0. The molecular weight excluding hydrogens is 411 g/mol. The van der Waals surface area contributed by atoms with Gasteiger partial charge in [-0.3, -0.25) is 4.57 Å². The summed E-state index contributed by atoms with van der Waals surface area (Å²) in [6.07, 6.45) is 17.7. The molecule has 182 valence electrons. The molecule has 31 heavy (non-hydrogen) atoms. The second-order valence-electron chi connectivity index (χ2n) is 9.16. The van der Waals surface area contributed by atoms with Gasteiger partial charge >= 0.3 is 7.60 Å². The van der Waals surface area contributed by atoms with Crippen molar-refractivity contribution in [1.82, 2.24) is 10.2 Å². The zero-order valence-corrected chi connectivity index (χ0v) is 21.6. The molecule has 0 aromatic carbocycles. The van der Waals surface area contributed by atoms with Crippen LogP contribution in [0.25, 0.3) is 0 Å². The third-order valence-corrected chi connectivity index (χ3v) is 7.22. The molecule has 0 N–H and O–H groups in total. The van der Waals surface area contributed by atoms with Crippen LogP contribution in [0.3, 0.4) is 0 Å². The minimum absolute atomic E-state index is 0.0228. The van der Waals surface area contributed by atoms with E-state index in [1.54, 1.807) is 0 Å². The van der Waals surface area contributed by atoms with E-state index in [1.165, 1.54) is 77.0 Å². The lowest BCUT2D eigenvalue weighted by molar-refractivity contribution is 0.140. The van der Waals surface area contributed by atoms with Crippen molar-refractivity contribution in [2.45, 2.75) is 143 Å². The van der Waals surface area contributed by atoms with Crippen molar-refractivity contribution in [2.75, 3.05) is 0 Å². The highest BCUT2D eigenvalue weighted by molar-refractivity contribution is 7.53. The quantitative estimate of drug-likeness (QED) is 0.145. The fraction of sp³-hybridized carbons (Fsp3) is 0.917. The Hall–Kier alpha value is -0.710. The van der Waals surface area contributed by atoms with Gasteiger partial charge in [0.15, 0.2) is 0 Å². The van der Waals surface area contributed by atoms with E-state index in [2.05, 4.69) is 17.1 Å². The van der Waals surface area contributed by atoms with Crippen molar-refractivity contribution in [1.29, 1.82) is 0 Å². The Morgan fingerprint density at radius 2 is 1.13 bits per heavy atom. The number of aromatic nitrogens is 2. The van der Waals surface area contributed by atoms with Gasteiger partial charge in [0.2, 0.25) is 11.8 Å².